The molecule has 20 heavy (non-hydrogen) atoms. The summed E-state index contributed by atoms with van der Waals surface area (Å²) in [6.07, 6.45) is 0. The zero-order valence-corrected chi connectivity index (χ0v) is 12.1. The number of hydrogen-bond acceptors (Lipinski definition) is 5. The molecule has 0 aliphatic rings. The Kier molecular flexibility index (Phi) is 4.70. The number of rotatable bonds is 6. The predicted molar refractivity (Wildman–Crippen MR) is 79.2 cm³/mol. The molecule has 0 bridgehead atoms. The zero-order chi connectivity index (χ0) is 14.5. The van der Waals surface area contributed by atoms with Crippen LogP contribution in [0.4, 0.5) is 5.00 Å². The Labute approximate surface area is 121 Å². The number of nitro groups is 1. The lowest BCUT2D eigenvalue weighted by Gasteiger charge is -2.14. The van der Waals surface area contributed by atoms with Gasteiger partial charge in [0.15, 0.2) is 0 Å². The first-order valence-corrected chi connectivity index (χ1v) is 7.07. The van der Waals surface area contributed by atoms with Gasteiger partial charge in [-0.2, -0.15) is 0 Å². The summed E-state index contributed by atoms with van der Waals surface area (Å²) in [4.78, 5) is 10.3. The molecule has 0 unspecified atom stereocenters. The second-order valence-corrected chi connectivity index (χ2v) is 5.32. The van der Waals surface area contributed by atoms with Crippen LogP contribution in [0.15, 0.2) is 35.7 Å². The van der Waals surface area contributed by atoms with E-state index in [1.54, 1.807) is 13.2 Å². The van der Waals surface area contributed by atoms with E-state index in [9.17, 15) is 10.1 Å². The number of ether oxygens (including phenoxy) is 1. The van der Waals surface area contributed by atoms with Crippen molar-refractivity contribution in [1.82, 2.24) is 5.32 Å². The third-order valence-corrected chi connectivity index (χ3v) is 3.96. The van der Waals surface area contributed by atoms with Crippen molar-refractivity contribution < 1.29 is 9.66 Å². The van der Waals surface area contributed by atoms with Gasteiger partial charge in [0.2, 0.25) is 0 Å². The second-order valence-electron chi connectivity index (χ2n) is 4.43. The minimum absolute atomic E-state index is 0.143. The maximum absolute atomic E-state index is 10.6. The number of thiophene rings is 1. The van der Waals surface area contributed by atoms with E-state index in [0.29, 0.717) is 6.54 Å². The van der Waals surface area contributed by atoms with Gasteiger partial charge in [-0.25, -0.2) is 0 Å². The fourth-order valence-corrected chi connectivity index (χ4v) is 2.58. The molecule has 0 aliphatic carbocycles. The van der Waals surface area contributed by atoms with Gasteiger partial charge in [0.05, 0.1) is 12.0 Å². The molecule has 5 nitrogen and oxygen atoms in total. The minimum Gasteiger partial charge on any atom is -0.497 e. The lowest BCUT2D eigenvalue weighted by atomic mass is 10.1. The number of hydrogen-bond donors (Lipinski definition) is 1. The highest BCUT2D eigenvalue weighted by Crippen LogP contribution is 2.23. The summed E-state index contributed by atoms with van der Waals surface area (Å²) in [6, 6.07) is 9.60. The van der Waals surface area contributed by atoms with Crippen LogP contribution in [0.2, 0.25) is 0 Å². The van der Waals surface area contributed by atoms with Crippen LogP contribution in [0, 0.1) is 10.1 Å². The maximum atomic E-state index is 10.6. The molecule has 2 aromatic rings. The van der Waals surface area contributed by atoms with Crippen molar-refractivity contribution in [2.75, 3.05) is 7.11 Å². The van der Waals surface area contributed by atoms with Crippen LogP contribution in [0.25, 0.3) is 0 Å². The fourth-order valence-electron chi connectivity index (χ4n) is 1.85. The molecule has 0 spiro atoms. The molecule has 0 amide bonds. The number of nitrogens with one attached hydrogen (secondary N) is 1. The van der Waals surface area contributed by atoms with E-state index in [4.69, 9.17) is 4.74 Å². The van der Waals surface area contributed by atoms with Gasteiger partial charge in [0.25, 0.3) is 0 Å². The second kappa shape index (κ2) is 6.49. The first-order valence-electron chi connectivity index (χ1n) is 6.19. The van der Waals surface area contributed by atoms with E-state index in [0.717, 1.165) is 28.2 Å². The zero-order valence-electron chi connectivity index (χ0n) is 11.3. The van der Waals surface area contributed by atoms with Gasteiger partial charge in [0, 0.05) is 24.0 Å². The number of benzene rings is 1. The van der Waals surface area contributed by atoms with Gasteiger partial charge < -0.3 is 10.1 Å². The summed E-state index contributed by atoms with van der Waals surface area (Å²) < 4.78 is 5.20. The first-order chi connectivity index (χ1) is 9.60. The van der Waals surface area contributed by atoms with Crippen LogP contribution in [0.5, 0.6) is 5.75 Å². The van der Waals surface area contributed by atoms with Crippen LogP contribution in [0.1, 0.15) is 24.1 Å². The molecular formula is C14H16N2O3S. The molecule has 6 heteroatoms. The Morgan fingerprint density at radius 3 is 2.90 bits per heavy atom. The smallest absolute Gasteiger partial charge is 0.324 e. The van der Waals surface area contributed by atoms with E-state index >= 15 is 0 Å². The fraction of sp³-hybridized carbons (Fsp3) is 0.286. The molecule has 0 saturated carbocycles. The summed E-state index contributed by atoms with van der Waals surface area (Å²) in [5, 5.41) is 16.0. The van der Waals surface area contributed by atoms with Crippen LogP contribution in [-0.2, 0) is 6.54 Å². The molecule has 1 aromatic heterocycles. The Morgan fingerprint density at radius 1 is 1.45 bits per heavy atom. The molecular weight excluding hydrogens is 276 g/mol. The highest BCUT2D eigenvalue weighted by Gasteiger charge is 2.11. The van der Waals surface area contributed by atoms with E-state index in [2.05, 4.69) is 12.2 Å². The molecule has 0 radical (unpaired) electrons. The average Bonchev–Trinajstić information content (AvgIpc) is 2.94. The van der Waals surface area contributed by atoms with Gasteiger partial charge >= 0.3 is 5.00 Å². The van der Waals surface area contributed by atoms with E-state index in [-0.39, 0.29) is 16.0 Å². The number of nitrogens with zero attached hydrogens (tertiary/aromatic N) is 1. The van der Waals surface area contributed by atoms with Crippen molar-refractivity contribution in [2.24, 2.45) is 0 Å². The van der Waals surface area contributed by atoms with Gasteiger partial charge in [0.1, 0.15) is 5.75 Å². The van der Waals surface area contributed by atoms with Gasteiger partial charge in [-0.05, 0) is 30.2 Å². The first kappa shape index (κ1) is 14.5. The van der Waals surface area contributed by atoms with Crippen molar-refractivity contribution in [2.45, 2.75) is 19.5 Å². The van der Waals surface area contributed by atoms with Gasteiger partial charge in [-0.3, -0.25) is 10.1 Å². The minimum atomic E-state index is -0.361. The highest BCUT2D eigenvalue weighted by atomic mass is 32.1. The van der Waals surface area contributed by atoms with E-state index in [1.807, 2.05) is 29.6 Å². The molecule has 1 aromatic carbocycles. The highest BCUT2D eigenvalue weighted by molar-refractivity contribution is 7.13. The molecule has 1 heterocycles. The normalized spacial score (nSPS) is 12.1. The largest absolute Gasteiger partial charge is 0.497 e. The molecule has 1 N–H and O–H groups in total. The van der Waals surface area contributed by atoms with Crippen LogP contribution in [0.3, 0.4) is 0 Å². The van der Waals surface area contributed by atoms with Crippen molar-refractivity contribution in [3.8, 4) is 5.75 Å². The summed E-state index contributed by atoms with van der Waals surface area (Å²) >= 11 is 1.15. The summed E-state index contributed by atoms with van der Waals surface area (Å²) in [5.74, 6) is 0.822. The standard InChI is InChI=1S/C14H16N2O3S/c1-10(12-4-3-5-13(7-12)19-2)15-8-11-6-14(16(17)18)20-9-11/h3-7,9-10,15H,8H2,1-2H3/t10-/m0/s1. The van der Waals surface area contributed by atoms with Crippen LogP contribution >= 0.6 is 11.3 Å². The molecule has 106 valence electrons. The Hall–Kier alpha value is -1.92. The van der Waals surface area contributed by atoms with Gasteiger partial charge in [-0.1, -0.05) is 23.5 Å². The van der Waals surface area contributed by atoms with Crippen LogP contribution < -0.4 is 10.1 Å². The summed E-state index contributed by atoms with van der Waals surface area (Å²) in [5.41, 5.74) is 2.05. The van der Waals surface area contributed by atoms with Crippen molar-refractivity contribution in [3.63, 3.8) is 0 Å². The predicted octanol–water partition coefficient (Wildman–Crippen LogP) is 3.52. The lowest BCUT2D eigenvalue weighted by Crippen LogP contribution is -2.17. The maximum Gasteiger partial charge on any atom is 0.324 e. The average molecular weight is 292 g/mol. The molecule has 2 rings (SSSR count). The van der Waals surface area contributed by atoms with Gasteiger partial charge in [-0.15, -0.1) is 0 Å². The SMILES string of the molecule is COc1cccc([C@H](C)NCc2csc([N+](=O)[O-])c2)c1. The quantitative estimate of drug-likeness (QED) is 0.653. The summed E-state index contributed by atoms with van der Waals surface area (Å²) in [6.45, 7) is 2.65. The van der Waals surface area contributed by atoms with E-state index in [1.165, 1.54) is 0 Å². The van der Waals surface area contributed by atoms with Crippen LogP contribution in [-0.4, -0.2) is 12.0 Å². The molecule has 1 atom stereocenters. The number of methoxy groups -OCH3 is 1. The summed E-state index contributed by atoms with van der Waals surface area (Å²) in [7, 11) is 1.64. The Bertz CT molecular complexity index is 598. The molecule has 0 saturated heterocycles. The lowest BCUT2D eigenvalue weighted by molar-refractivity contribution is -0.380. The van der Waals surface area contributed by atoms with Crippen molar-refractivity contribution in [3.05, 3.63) is 57.0 Å². The van der Waals surface area contributed by atoms with Crippen molar-refractivity contribution in [1.29, 1.82) is 0 Å². The third kappa shape index (κ3) is 3.55. The Balaban J connectivity index is 1.96. The third-order valence-electron chi connectivity index (χ3n) is 3.03. The Morgan fingerprint density at radius 2 is 2.25 bits per heavy atom. The monoisotopic (exact) mass is 292 g/mol. The molecule has 0 aliphatic heterocycles. The topological polar surface area (TPSA) is 64.4 Å². The van der Waals surface area contributed by atoms with Crippen molar-refractivity contribution >= 4 is 16.3 Å². The van der Waals surface area contributed by atoms with E-state index < -0.39 is 0 Å². The molecule has 0 fully saturated rings.